The Morgan fingerprint density at radius 1 is 1.17 bits per heavy atom. The first-order valence-electron chi connectivity index (χ1n) is 10.4. The highest BCUT2D eigenvalue weighted by Gasteiger charge is 2.29. The van der Waals surface area contributed by atoms with Crippen molar-refractivity contribution in [1.29, 1.82) is 0 Å². The Hall–Kier alpha value is -3.49. The van der Waals surface area contributed by atoms with Crippen LogP contribution in [0.3, 0.4) is 0 Å². The summed E-state index contributed by atoms with van der Waals surface area (Å²) < 4.78 is 4.71. The molecule has 0 amide bonds. The Kier molecular flexibility index (Phi) is 4.38. The van der Waals surface area contributed by atoms with Gasteiger partial charge in [-0.3, -0.25) is 13.9 Å². The van der Waals surface area contributed by atoms with Gasteiger partial charge in [0.1, 0.15) is 11.3 Å². The molecule has 0 bridgehead atoms. The van der Waals surface area contributed by atoms with Crippen LogP contribution in [0.5, 0.6) is 0 Å². The van der Waals surface area contributed by atoms with Crippen LogP contribution in [0.2, 0.25) is 0 Å². The average Bonchev–Trinajstić information content (AvgIpc) is 3.29. The number of aromatic nitrogens is 7. The molecule has 4 aromatic rings. The summed E-state index contributed by atoms with van der Waals surface area (Å²) in [6, 6.07) is 3.75. The predicted octanol–water partition coefficient (Wildman–Crippen LogP) is 2.44. The first kappa shape index (κ1) is 18.5. The van der Waals surface area contributed by atoms with Crippen LogP contribution in [0.4, 0.5) is 0 Å². The zero-order valence-corrected chi connectivity index (χ0v) is 17.0. The van der Waals surface area contributed by atoms with Crippen LogP contribution in [0.15, 0.2) is 40.3 Å². The van der Waals surface area contributed by atoms with E-state index >= 15 is 0 Å². The molecule has 1 N–H and O–H groups in total. The van der Waals surface area contributed by atoms with Gasteiger partial charge in [-0.15, -0.1) is 0 Å². The Balaban J connectivity index is 1.59. The Labute approximate surface area is 172 Å². The highest BCUT2D eigenvalue weighted by molar-refractivity contribution is 5.75. The monoisotopic (exact) mass is 405 g/mol. The number of hydrogen-bond donors (Lipinski definition) is 1. The standard InChI is InChI=1S/C21H23N7O2/c1-3-9-26-19-17(20(29)28(21(26)30)15-6-7-15)24-18(25-19)14-5-8-16(22-11-14)27-12-13(4-2)10-23-27/h5,8,10-12,15H,3-4,6-7,9H2,1-2H3,(H,24,25). The predicted molar refractivity (Wildman–Crippen MR) is 113 cm³/mol. The van der Waals surface area contributed by atoms with Gasteiger partial charge in [0.25, 0.3) is 5.56 Å². The molecular weight excluding hydrogens is 382 g/mol. The lowest BCUT2D eigenvalue weighted by atomic mass is 10.2. The van der Waals surface area contributed by atoms with Gasteiger partial charge in [0.2, 0.25) is 0 Å². The summed E-state index contributed by atoms with van der Waals surface area (Å²) in [5.41, 5.74) is 2.09. The van der Waals surface area contributed by atoms with Crippen LogP contribution in [0.25, 0.3) is 28.4 Å². The van der Waals surface area contributed by atoms with E-state index in [1.807, 2.05) is 31.5 Å². The molecule has 1 saturated carbocycles. The van der Waals surface area contributed by atoms with E-state index in [2.05, 4.69) is 27.0 Å². The maximum Gasteiger partial charge on any atom is 0.333 e. The maximum absolute atomic E-state index is 13.0. The van der Waals surface area contributed by atoms with Gasteiger partial charge >= 0.3 is 5.69 Å². The summed E-state index contributed by atoms with van der Waals surface area (Å²) in [5, 5.41) is 4.33. The number of aryl methyl sites for hydroxylation is 2. The van der Waals surface area contributed by atoms with E-state index in [0.717, 1.165) is 36.8 Å². The third kappa shape index (κ3) is 2.97. The zero-order chi connectivity index (χ0) is 20.8. The van der Waals surface area contributed by atoms with Gasteiger partial charge in [-0.2, -0.15) is 5.10 Å². The first-order valence-corrected chi connectivity index (χ1v) is 10.4. The summed E-state index contributed by atoms with van der Waals surface area (Å²) in [5.74, 6) is 1.22. The normalized spacial score (nSPS) is 13.9. The largest absolute Gasteiger partial charge is 0.333 e. The van der Waals surface area contributed by atoms with Crippen LogP contribution < -0.4 is 11.2 Å². The molecule has 1 aliphatic carbocycles. The molecule has 9 heteroatoms. The van der Waals surface area contributed by atoms with E-state index in [1.54, 1.807) is 15.4 Å². The number of imidazole rings is 1. The highest BCUT2D eigenvalue weighted by Crippen LogP contribution is 2.32. The third-order valence-corrected chi connectivity index (χ3v) is 5.47. The second kappa shape index (κ2) is 7.08. The number of pyridine rings is 1. The maximum atomic E-state index is 13.0. The van der Waals surface area contributed by atoms with Gasteiger partial charge in [-0.05, 0) is 43.4 Å². The van der Waals surface area contributed by atoms with Crippen LogP contribution in [0, 0.1) is 0 Å². The number of fused-ring (bicyclic) bond motifs is 1. The molecule has 0 spiro atoms. The number of hydrogen-bond acceptors (Lipinski definition) is 5. The summed E-state index contributed by atoms with van der Waals surface area (Å²) in [7, 11) is 0. The summed E-state index contributed by atoms with van der Waals surface area (Å²) in [4.78, 5) is 38.1. The molecule has 4 heterocycles. The van der Waals surface area contributed by atoms with Crippen molar-refractivity contribution in [2.24, 2.45) is 0 Å². The van der Waals surface area contributed by atoms with Crippen molar-refractivity contribution >= 4 is 11.2 Å². The molecule has 0 aromatic carbocycles. The Morgan fingerprint density at radius 2 is 2.00 bits per heavy atom. The van der Waals surface area contributed by atoms with Crippen molar-refractivity contribution in [3.8, 4) is 17.2 Å². The number of nitrogens with zero attached hydrogens (tertiary/aromatic N) is 6. The van der Waals surface area contributed by atoms with E-state index < -0.39 is 0 Å². The van der Waals surface area contributed by atoms with Crippen molar-refractivity contribution in [2.75, 3.05) is 0 Å². The Morgan fingerprint density at radius 3 is 2.63 bits per heavy atom. The second-order valence-electron chi connectivity index (χ2n) is 7.68. The molecule has 154 valence electrons. The van der Waals surface area contributed by atoms with E-state index in [4.69, 9.17) is 0 Å². The van der Waals surface area contributed by atoms with Crippen LogP contribution in [-0.2, 0) is 13.0 Å². The lowest BCUT2D eigenvalue weighted by Crippen LogP contribution is -2.39. The number of rotatable bonds is 6. The van der Waals surface area contributed by atoms with Crippen molar-refractivity contribution in [1.82, 2.24) is 33.9 Å². The number of H-pyrrole nitrogens is 1. The molecule has 1 aliphatic rings. The van der Waals surface area contributed by atoms with Crippen LogP contribution >= 0.6 is 0 Å². The zero-order valence-electron chi connectivity index (χ0n) is 17.0. The molecule has 0 atom stereocenters. The molecule has 0 unspecified atom stereocenters. The smallest absolute Gasteiger partial charge is 0.332 e. The van der Waals surface area contributed by atoms with E-state index in [0.29, 0.717) is 29.4 Å². The number of nitrogens with one attached hydrogen (secondary N) is 1. The molecule has 1 fully saturated rings. The van der Waals surface area contributed by atoms with Crippen LogP contribution in [0.1, 0.15) is 44.7 Å². The molecular formula is C21H23N7O2. The lowest BCUT2D eigenvalue weighted by molar-refractivity contribution is 0.571. The molecule has 0 saturated heterocycles. The van der Waals surface area contributed by atoms with Gasteiger partial charge in [-0.25, -0.2) is 19.4 Å². The minimum Gasteiger partial charge on any atom is -0.332 e. The van der Waals surface area contributed by atoms with Gasteiger partial charge in [0.15, 0.2) is 11.5 Å². The SMILES string of the molecule is CCCn1c(=O)n(C2CC2)c(=O)c2[nH]c(-c3ccc(-n4cc(CC)cn4)nc3)nc21. The minimum absolute atomic E-state index is 0.00675. The fraction of sp³-hybridized carbons (Fsp3) is 0.381. The first-order chi connectivity index (χ1) is 14.6. The average molecular weight is 405 g/mol. The van der Waals surface area contributed by atoms with Crippen molar-refractivity contribution in [3.05, 3.63) is 57.1 Å². The molecule has 9 nitrogen and oxygen atoms in total. The van der Waals surface area contributed by atoms with Gasteiger partial charge in [0, 0.05) is 30.5 Å². The Bertz CT molecular complexity index is 1340. The van der Waals surface area contributed by atoms with Gasteiger partial charge in [-0.1, -0.05) is 13.8 Å². The van der Waals surface area contributed by atoms with E-state index in [-0.39, 0.29) is 17.3 Å². The molecule has 4 aromatic heterocycles. The molecule has 5 rings (SSSR count). The molecule has 30 heavy (non-hydrogen) atoms. The summed E-state index contributed by atoms with van der Waals surface area (Å²) >= 11 is 0. The number of aromatic amines is 1. The van der Waals surface area contributed by atoms with E-state index in [9.17, 15) is 9.59 Å². The summed E-state index contributed by atoms with van der Waals surface area (Å²) in [6.45, 7) is 4.60. The molecule has 0 aliphatic heterocycles. The van der Waals surface area contributed by atoms with Gasteiger partial charge < -0.3 is 4.98 Å². The fourth-order valence-electron chi connectivity index (χ4n) is 3.68. The van der Waals surface area contributed by atoms with Crippen LogP contribution in [-0.4, -0.2) is 33.9 Å². The molecule has 0 radical (unpaired) electrons. The van der Waals surface area contributed by atoms with Gasteiger partial charge in [0.05, 0.1) is 6.20 Å². The third-order valence-electron chi connectivity index (χ3n) is 5.47. The minimum atomic E-state index is -0.295. The topological polar surface area (TPSA) is 103 Å². The van der Waals surface area contributed by atoms with E-state index in [1.165, 1.54) is 4.57 Å². The lowest BCUT2D eigenvalue weighted by Gasteiger charge is -2.09. The quantitative estimate of drug-likeness (QED) is 0.531. The summed E-state index contributed by atoms with van der Waals surface area (Å²) in [6.07, 6.45) is 8.90. The van der Waals surface area contributed by atoms with Crippen molar-refractivity contribution in [3.63, 3.8) is 0 Å². The highest BCUT2D eigenvalue weighted by atomic mass is 16.2. The van der Waals surface area contributed by atoms with Crippen molar-refractivity contribution < 1.29 is 0 Å². The fourth-order valence-corrected chi connectivity index (χ4v) is 3.68. The van der Waals surface area contributed by atoms with Crippen molar-refractivity contribution in [2.45, 2.75) is 52.1 Å². The second-order valence-corrected chi connectivity index (χ2v) is 7.68.